The first-order valence-corrected chi connectivity index (χ1v) is 13.5. The van der Waals surface area contributed by atoms with Crippen molar-refractivity contribution in [2.24, 2.45) is 0 Å². The quantitative estimate of drug-likeness (QED) is 0.225. The maximum Gasteiger partial charge on any atom is 0.495 e. The first-order valence-electron chi connectivity index (χ1n) is 13.5. The van der Waals surface area contributed by atoms with E-state index in [1.807, 2.05) is 18.2 Å². The fraction of sp³-hybridized carbons (Fsp3) is 0.171. The third-order valence-corrected chi connectivity index (χ3v) is 7.94. The molecule has 1 saturated heterocycles. The summed E-state index contributed by atoms with van der Waals surface area (Å²) in [5.41, 5.74) is 8.51. The van der Waals surface area contributed by atoms with E-state index in [-0.39, 0.29) is 0 Å². The Balaban J connectivity index is 1.56. The van der Waals surface area contributed by atoms with Gasteiger partial charge in [0.05, 0.1) is 22.6 Å². The Morgan fingerprint density at radius 3 is 1.54 bits per heavy atom. The van der Waals surface area contributed by atoms with Gasteiger partial charge in [-0.1, -0.05) is 109 Å². The van der Waals surface area contributed by atoms with Crippen LogP contribution in [0.1, 0.15) is 27.7 Å². The largest absolute Gasteiger partial charge is 0.495 e. The van der Waals surface area contributed by atoms with Crippen LogP contribution in [0.2, 0.25) is 0 Å². The fourth-order valence-electron chi connectivity index (χ4n) is 4.99. The Labute approximate surface area is 231 Å². The van der Waals surface area contributed by atoms with Crippen LogP contribution in [0.4, 0.5) is 0 Å². The Morgan fingerprint density at radius 2 is 0.974 bits per heavy atom. The van der Waals surface area contributed by atoms with E-state index >= 15 is 0 Å². The number of benzene rings is 4. The predicted octanol–water partition coefficient (Wildman–Crippen LogP) is 8.05. The van der Waals surface area contributed by atoms with Crippen LogP contribution in [0.3, 0.4) is 0 Å². The van der Waals surface area contributed by atoms with Crippen molar-refractivity contribution in [2.45, 2.75) is 38.9 Å². The molecule has 0 N–H and O–H groups in total. The van der Waals surface area contributed by atoms with E-state index in [9.17, 15) is 0 Å². The third kappa shape index (κ3) is 4.94. The number of hydrogen-bond donors (Lipinski definition) is 0. The van der Waals surface area contributed by atoms with Crippen molar-refractivity contribution in [2.75, 3.05) is 0 Å². The van der Waals surface area contributed by atoms with Gasteiger partial charge in [-0.3, -0.25) is 0 Å². The van der Waals surface area contributed by atoms with Gasteiger partial charge in [-0.05, 0) is 73.1 Å². The molecule has 0 unspecified atom stereocenters. The Bertz CT molecular complexity index is 1520. The van der Waals surface area contributed by atoms with Gasteiger partial charge in [0.25, 0.3) is 0 Å². The highest BCUT2D eigenvalue weighted by atomic mass is 16.7. The van der Waals surface area contributed by atoms with Gasteiger partial charge >= 0.3 is 7.12 Å². The normalized spacial score (nSPS) is 15.8. The number of rotatable bonds is 5. The van der Waals surface area contributed by atoms with E-state index in [2.05, 4.69) is 131 Å². The third-order valence-electron chi connectivity index (χ3n) is 7.94. The Morgan fingerprint density at radius 1 is 0.487 bits per heavy atom. The molecule has 0 spiro atoms. The molecular formula is C35H32BNO2. The molecule has 1 aromatic heterocycles. The molecule has 0 amide bonds. The zero-order valence-electron chi connectivity index (χ0n) is 22.9. The average Bonchev–Trinajstić information content (AvgIpc) is 3.20. The number of nitrogens with zero attached hydrogens (tertiary/aromatic N) is 1. The molecule has 0 saturated carbocycles. The molecule has 1 fully saturated rings. The lowest BCUT2D eigenvalue weighted by atomic mass is 9.73. The Hall–Kier alpha value is -3.99. The topological polar surface area (TPSA) is 31.4 Å². The van der Waals surface area contributed by atoms with E-state index in [0.717, 1.165) is 50.2 Å². The van der Waals surface area contributed by atoms with Gasteiger partial charge in [0.1, 0.15) is 0 Å². The van der Waals surface area contributed by atoms with Crippen LogP contribution in [0.5, 0.6) is 0 Å². The molecule has 2 heterocycles. The van der Waals surface area contributed by atoms with E-state index in [1.165, 1.54) is 0 Å². The molecule has 39 heavy (non-hydrogen) atoms. The highest BCUT2D eigenvalue weighted by molar-refractivity contribution is 6.64. The van der Waals surface area contributed by atoms with Gasteiger partial charge in [-0.2, -0.15) is 0 Å². The Kier molecular flexibility index (Phi) is 6.46. The van der Waals surface area contributed by atoms with Gasteiger partial charge in [-0.15, -0.1) is 0 Å². The van der Waals surface area contributed by atoms with Crippen LogP contribution < -0.4 is 5.46 Å². The molecule has 192 valence electrons. The minimum absolute atomic E-state index is 0.452. The summed E-state index contributed by atoms with van der Waals surface area (Å²) in [6, 6.07) is 42.1. The molecule has 0 radical (unpaired) electrons. The molecular weight excluding hydrogens is 477 g/mol. The van der Waals surface area contributed by atoms with E-state index in [4.69, 9.17) is 14.3 Å². The van der Waals surface area contributed by atoms with Crippen LogP contribution in [0, 0.1) is 0 Å². The second-order valence-electron chi connectivity index (χ2n) is 11.1. The summed E-state index contributed by atoms with van der Waals surface area (Å²) in [5.74, 6) is 0. The number of aromatic nitrogens is 1. The minimum atomic E-state index is -0.518. The SMILES string of the molecule is CC1(C)OB(c2cc(-c3ccccc3)ccc2-c2cc(-c3ccccc3)cc(-c3ccccc3)n2)OC1(C)C. The summed E-state index contributed by atoms with van der Waals surface area (Å²) in [5, 5.41) is 0. The smallest absolute Gasteiger partial charge is 0.399 e. The van der Waals surface area contributed by atoms with Crippen LogP contribution in [-0.4, -0.2) is 23.3 Å². The van der Waals surface area contributed by atoms with Gasteiger partial charge in [0.2, 0.25) is 0 Å². The highest BCUT2D eigenvalue weighted by Crippen LogP contribution is 2.38. The lowest BCUT2D eigenvalue weighted by Gasteiger charge is -2.32. The van der Waals surface area contributed by atoms with Crippen LogP contribution in [0.15, 0.2) is 121 Å². The minimum Gasteiger partial charge on any atom is -0.399 e. The summed E-state index contributed by atoms with van der Waals surface area (Å²) < 4.78 is 13.2. The molecule has 0 aliphatic carbocycles. The molecule has 0 bridgehead atoms. The number of hydrogen-bond acceptors (Lipinski definition) is 3. The molecule has 4 aromatic carbocycles. The van der Waals surface area contributed by atoms with Gasteiger partial charge in [0, 0.05) is 5.56 Å². The fourth-order valence-corrected chi connectivity index (χ4v) is 4.99. The van der Waals surface area contributed by atoms with E-state index in [0.29, 0.717) is 0 Å². The maximum atomic E-state index is 6.58. The van der Waals surface area contributed by atoms with Crippen molar-refractivity contribution in [3.63, 3.8) is 0 Å². The zero-order chi connectivity index (χ0) is 27.0. The second kappa shape index (κ2) is 9.96. The van der Waals surface area contributed by atoms with Crippen molar-refractivity contribution in [3.8, 4) is 44.8 Å². The van der Waals surface area contributed by atoms with Crippen molar-refractivity contribution >= 4 is 12.6 Å². The highest BCUT2D eigenvalue weighted by Gasteiger charge is 2.52. The monoisotopic (exact) mass is 509 g/mol. The number of pyridine rings is 1. The molecule has 4 heteroatoms. The standard InChI is InChI=1S/C35H32BNO2/c1-34(2)35(3,4)39-36(38-34)31-22-28(25-14-8-5-9-15-25)20-21-30(31)33-24-29(26-16-10-6-11-17-26)23-32(37-33)27-18-12-7-13-19-27/h5-24H,1-4H3. The summed E-state index contributed by atoms with van der Waals surface area (Å²) in [4.78, 5) is 5.20. The predicted molar refractivity (Wildman–Crippen MR) is 162 cm³/mol. The lowest BCUT2D eigenvalue weighted by Crippen LogP contribution is -2.41. The maximum absolute atomic E-state index is 6.58. The summed E-state index contributed by atoms with van der Waals surface area (Å²) in [7, 11) is -0.518. The second-order valence-corrected chi connectivity index (χ2v) is 11.1. The van der Waals surface area contributed by atoms with Crippen molar-refractivity contribution in [1.29, 1.82) is 0 Å². The first-order chi connectivity index (χ1) is 18.8. The molecule has 6 rings (SSSR count). The van der Waals surface area contributed by atoms with E-state index in [1.54, 1.807) is 0 Å². The van der Waals surface area contributed by atoms with Crippen molar-refractivity contribution in [1.82, 2.24) is 4.98 Å². The van der Waals surface area contributed by atoms with Gasteiger partial charge in [0.15, 0.2) is 0 Å². The average molecular weight is 509 g/mol. The molecule has 1 aliphatic heterocycles. The van der Waals surface area contributed by atoms with Gasteiger partial charge < -0.3 is 9.31 Å². The van der Waals surface area contributed by atoms with E-state index < -0.39 is 18.3 Å². The van der Waals surface area contributed by atoms with Gasteiger partial charge in [-0.25, -0.2) is 4.98 Å². The summed E-state index contributed by atoms with van der Waals surface area (Å²) in [6.07, 6.45) is 0. The van der Waals surface area contributed by atoms with Crippen molar-refractivity contribution in [3.05, 3.63) is 121 Å². The van der Waals surface area contributed by atoms with Crippen molar-refractivity contribution < 1.29 is 9.31 Å². The molecule has 5 aromatic rings. The molecule has 0 atom stereocenters. The first kappa shape index (κ1) is 25.3. The lowest BCUT2D eigenvalue weighted by molar-refractivity contribution is 0.00578. The van der Waals surface area contributed by atoms with Crippen LogP contribution in [-0.2, 0) is 9.31 Å². The molecule has 1 aliphatic rings. The molecule has 3 nitrogen and oxygen atoms in total. The summed E-state index contributed by atoms with van der Waals surface area (Å²) >= 11 is 0. The van der Waals surface area contributed by atoms with Crippen LogP contribution >= 0.6 is 0 Å². The summed E-state index contributed by atoms with van der Waals surface area (Å²) in [6.45, 7) is 8.37. The zero-order valence-corrected chi connectivity index (χ0v) is 22.9. The van der Waals surface area contributed by atoms with Crippen LogP contribution in [0.25, 0.3) is 44.8 Å².